The SMILES string of the molecule is C=CC(N)(CCCC(=O)OCCC(C)C)C(=O)OCCC(C)C. The summed E-state index contributed by atoms with van der Waals surface area (Å²) in [5.41, 5.74) is 4.80. The van der Waals surface area contributed by atoms with Gasteiger partial charge in [0.15, 0.2) is 0 Å². The summed E-state index contributed by atoms with van der Waals surface area (Å²) in [5, 5.41) is 0. The number of rotatable bonds is 12. The fraction of sp³-hybridized carbons (Fsp3) is 0.778. The first kappa shape index (κ1) is 21.6. The Balaban J connectivity index is 4.13. The minimum absolute atomic E-state index is 0.240. The van der Waals surface area contributed by atoms with Gasteiger partial charge in [-0.2, -0.15) is 0 Å². The van der Waals surface area contributed by atoms with Crippen LogP contribution in [0.5, 0.6) is 0 Å². The summed E-state index contributed by atoms with van der Waals surface area (Å²) in [5.74, 6) is 0.215. The van der Waals surface area contributed by atoms with Gasteiger partial charge in [-0.1, -0.05) is 33.8 Å². The van der Waals surface area contributed by atoms with E-state index < -0.39 is 11.5 Å². The normalized spacial score (nSPS) is 13.7. The quantitative estimate of drug-likeness (QED) is 0.440. The van der Waals surface area contributed by atoms with Crippen molar-refractivity contribution in [2.75, 3.05) is 13.2 Å². The fourth-order valence-electron chi connectivity index (χ4n) is 1.82. The molecule has 134 valence electrons. The van der Waals surface area contributed by atoms with Gasteiger partial charge in [0.25, 0.3) is 0 Å². The third kappa shape index (κ3) is 10.1. The number of hydrogen-bond acceptors (Lipinski definition) is 5. The van der Waals surface area contributed by atoms with Gasteiger partial charge in [-0.05, 0) is 37.5 Å². The Kier molecular flexibility index (Phi) is 10.6. The molecule has 0 aliphatic carbocycles. The second kappa shape index (κ2) is 11.2. The molecule has 0 fully saturated rings. The standard InChI is InChI=1S/C18H33NO4/c1-6-18(19,17(21)23-13-10-15(4)5)11-7-8-16(20)22-12-9-14(2)3/h6,14-15H,1,7-13,19H2,2-5H3. The lowest BCUT2D eigenvalue weighted by Crippen LogP contribution is -2.47. The van der Waals surface area contributed by atoms with Gasteiger partial charge >= 0.3 is 11.9 Å². The summed E-state index contributed by atoms with van der Waals surface area (Å²) in [7, 11) is 0. The number of esters is 2. The Bertz CT molecular complexity index is 379. The molecule has 0 saturated heterocycles. The van der Waals surface area contributed by atoms with Gasteiger partial charge in [0.2, 0.25) is 0 Å². The summed E-state index contributed by atoms with van der Waals surface area (Å²) in [6.45, 7) is 12.7. The second-order valence-corrected chi connectivity index (χ2v) is 6.82. The zero-order valence-corrected chi connectivity index (χ0v) is 15.1. The molecule has 1 unspecified atom stereocenters. The van der Waals surface area contributed by atoms with Crippen molar-refractivity contribution in [3.63, 3.8) is 0 Å². The number of ether oxygens (including phenoxy) is 2. The van der Waals surface area contributed by atoms with E-state index in [1.54, 1.807) is 0 Å². The van der Waals surface area contributed by atoms with E-state index in [1.165, 1.54) is 6.08 Å². The Morgan fingerprint density at radius 1 is 1.09 bits per heavy atom. The van der Waals surface area contributed by atoms with Crippen LogP contribution in [-0.4, -0.2) is 30.7 Å². The molecule has 0 aromatic rings. The summed E-state index contributed by atoms with van der Waals surface area (Å²) in [6.07, 6.45) is 4.06. The van der Waals surface area contributed by atoms with Gasteiger partial charge in [-0.25, -0.2) is 4.79 Å². The molecule has 0 aromatic heterocycles. The summed E-state index contributed by atoms with van der Waals surface area (Å²) >= 11 is 0. The first-order chi connectivity index (χ1) is 10.7. The minimum Gasteiger partial charge on any atom is -0.466 e. The highest BCUT2D eigenvalue weighted by atomic mass is 16.5. The fourth-order valence-corrected chi connectivity index (χ4v) is 1.82. The van der Waals surface area contributed by atoms with E-state index in [1.807, 2.05) is 0 Å². The van der Waals surface area contributed by atoms with Crippen LogP contribution >= 0.6 is 0 Å². The highest BCUT2D eigenvalue weighted by Crippen LogP contribution is 2.16. The molecule has 0 radical (unpaired) electrons. The van der Waals surface area contributed by atoms with Crippen molar-refractivity contribution in [3.05, 3.63) is 12.7 Å². The molecule has 5 nitrogen and oxygen atoms in total. The summed E-state index contributed by atoms with van der Waals surface area (Å²) < 4.78 is 10.3. The second-order valence-electron chi connectivity index (χ2n) is 6.82. The Hall–Kier alpha value is -1.36. The maximum atomic E-state index is 12.1. The van der Waals surface area contributed by atoms with Crippen LogP contribution in [0.1, 0.15) is 59.8 Å². The Labute approximate surface area is 140 Å². The average Bonchev–Trinajstić information content (AvgIpc) is 2.46. The molecule has 0 aromatic carbocycles. The van der Waals surface area contributed by atoms with Crippen molar-refractivity contribution in [2.24, 2.45) is 17.6 Å². The number of carbonyl (C=O) groups is 2. The van der Waals surface area contributed by atoms with Gasteiger partial charge in [-0.3, -0.25) is 4.79 Å². The molecule has 0 heterocycles. The summed E-state index contributed by atoms with van der Waals surface area (Å²) in [6, 6.07) is 0. The lowest BCUT2D eigenvalue weighted by atomic mass is 9.94. The number of hydrogen-bond donors (Lipinski definition) is 1. The monoisotopic (exact) mass is 327 g/mol. The number of nitrogens with two attached hydrogens (primary N) is 1. The number of carbonyl (C=O) groups excluding carboxylic acids is 2. The van der Waals surface area contributed by atoms with E-state index in [-0.39, 0.29) is 12.4 Å². The minimum atomic E-state index is -1.24. The smallest absolute Gasteiger partial charge is 0.330 e. The van der Waals surface area contributed by atoms with Crippen LogP contribution in [0.4, 0.5) is 0 Å². The zero-order valence-electron chi connectivity index (χ0n) is 15.1. The van der Waals surface area contributed by atoms with Gasteiger partial charge in [-0.15, -0.1) is 6.58 Å². The highest BCUT2D eigenvalue weighted by molar-refractivity contribution is 5.83. The van der Waals surface area contributed by atoms with Crippen LogP contribution in [0.2, 0.25) is 0 Å². The van der Waals surface area contributed by atoms with Crippen LogP contribution < -0.4 is 5.73 Å². The maximum Gasteiger partial charge on any atom is 0.330 e. The predicted octanol–water partition coefficient (Wildman–Crippen LogP) is 3.22. The highest BCUT2D eigenvalue weighted by Gasteiger charge is 2.32. The molecule has 0 rings (SSSR count). The molecule has 0 spiro atoms. The molecule has 23 heavy (non-hydrogen) atoms. The van der Waals surface area contributed by atoms with Crippen molar-refractivity contribution in [3.8, 4) is 0 Å². The molecule has 0 saturated carbocycles. The third-order valence-electron chi connectivity index (χ3n) is 3.60. The van der Waals surface area contributed by atoms with Gasteiger partial charge < -0.3 is 15.2 Å². The van der Waals surface area contributed by atoms with E-state index in [2.05, 4.69) is 34.3 Å². The molecular weight excluding hydrogens is 294 g/mol. The van der Waals surface area contributed by atoms with Gasteiger partial charge in [0.1, 0.15) is 5.54 Å². The van der Waals surface area contributed by atoms with E-state index in [0.717, 1.165) is 12.8 Å². The molecular formula is C18H33NO4. The van der Waals surface area contributed by atoms with Crippen molar-refractivity contribution < 1.29 is 19.1 Å². The predicted molar refractivity (Wildman–Crippen MR) is 91.8 cm³/mol. The third-order valence-corrected chi connectivity index (χ3v) is 3.60. The van der Waals surface area contributed by atoms with Crippen molar-refractivity contribution in [1.29, 1.82) is 0 Å². The van der Waals surface area contributed by atoms with E-state index in [9.17, 15) is 9.59 Å². The first-order valence-corrected chi connectivity index (χ1v) is 8.46. The average molecular weight is 327 g/mol. The van der Waals surface area contributed by atoms with Gasteiger partial charge in [0, 0.05) is 6.42 Å². The van der Waals surface area contributed by atoms with Crippen molar-refractivity contribution in [2.45, 2.75) is 65.3 Å². The van der Waals surface area contributed by atoms with Crippen LogP contribution in [0.3, 0.4) is 0 Å². The van der Waals surface area contributed by atoms with Crippen LogP contribution in [0.15, 0.2) is 12.7 Å². The molecule has 5 heteroatoms. The maximum absolute atomic E-state index is 12.1. The Morgan fingerprint density at radius 2 is 1.61 bits per heavy atom. The molecule has 0 bridgehead atoms. The molecule has 2 N–H and O–H groups in total. The van der Waals surface area contributed by atoms with Crippen molar-refractivity contribution in [1.82, 2.24) is 0 Å². The largest absolute Gasteiger partial charge is 0.466 e. The lowest BCUT2D eigenvalue weighted by Gasteiger charge is -2.23. The van der Waals surface area contributed by atoms with Crippen LogP contribution in [0.25, 0.3) is 0 Å². The topological polar surface area (TPSA) is 78.6 Å². The van der Waals surface area contributed by atoms with Crippen molar-refractivity contribution >= 4 is 11.9 Å². The molecule has 1 atom stereocenters. The van der Waals surface area contributed by atoms with E-state index in [0.29, 0.717) is 37.9 Å². The van der Waals surface area contributed by atoms with E-state index >= 15 is 0 Å². The molecule has 0 aliphatic rings. The summed E-state index contributed by atoms with van der Waals surface area (Å²) in [4.78, 5) is 23.7. The van der Waals surface area contributed by atoms with Gasteiger partial charge in [0.05, 0.1) is 13.2 Å². The van der Waals surface area contributed by atoms with E-state index in [4.69, 9.17) is 15.2 Å². The van der Waals surface area contributed by atoms with Crippen LogP contribution in [-0.2, 0) is 19.1 Å². The molecule has 0 amide bonds. The lowest BCUT2D eigenvalue weighted by molar-refractivity contribution is -0.149. The van der Waals surface area contributed by atoms with Crippen LogP contribution in [0, 0.1) is 11.8 Å². The first-order valence-electron chi connectivity index (χ1n) is 8.46. The zero-order chi connectivity index (χ0) is 17.9. The Morgan fingerprint density at radius 3 is 2.09 bits per heavy atom. The molecule has 0 aliphatic heterocycles.